The minimum absolute atomic E-state index is 0.301. The maximum atomic E-state index is 11.1. The van der Waals surface area contributed by atoms with E-state index >= 15 is 0 Å². The normalized spacial score (nSPS) is 28.5. The maximum absolute atomic E-state index is 11.1. The van der Waals surface area contributed by atoms with Crippen LogP contribution >= 0.6 is 0 Å². The van der Waals surface area contributed by atoms with Crippen molar-refractivity contribution in [3.05, 3.63) is 12.2 Å². The van der Waals surface area contributed by atoms with Gasteiger partial charge in [-0.25, -0.2) is 4.79 Å². The molecule has 4 heteroatoms. The number of esters is 1. The molecular weight excluding hydrogens is 160 g/mol. The van der Waals surface area contributed by atoms with E-state index in [1.54, 1.807) is 13.0 Å². The highest BCUT2D eigenvalue weighted by Gasteiger charge is 2.28. The first kappa shape index (κ1) is 9.22. The molecule has 1 aliphatic rings. The van der Waals surface area contributed by atoms with Gasteiger partial charge < -0.3 is 14.6 Å². The standard InChI is InChI=1S/C8H12O4/c1-2-11-8(10)7-6(9)4-3-5-12-7/h3-4,6-7,9H,2,5H2,1H3/t6-,7+/m1/s1. The van der Waals surface area contributed by atoms with Crippen LogP contribution in [-0.2, 0) is 14.3 Å². The topological polar surface area (TPSA) is 55.8 Å². The van der Waals surface area contributed by atoms with E-state index in [0.29, 0.717) is 13.2 Å². The van der Waals surface area contributed by atoms with E-state index in [4.69, 9.17) is 9.47 Å². The average Bonchev–Trinajstić information content (AvgIpc) is 2.05. The van der Waals surface area contributed by atoms with Gasteiger partial charge in [-0.1, -0.05) is 12.2 Å². The van der Waals surface area contributed by atoms with Gasteiger partial charge in [-0.05, 0) is 6.92 Å². The molecule has 0 radical (unpaired) electrons. The molecule has 0 aromatic heterocycles. The van der Waals surface area contributed by atoms with Crippen molar-refractivity contribution in [2.75, 3.05) is 13.2 Å². The van der Waals surface area contributed by atoms with E-state index in [2.05, 4.69) is 0 Å². The van der Waals surface area contributed by atoms with Crippen LogP contribution in [0.4, 0.5) is 0 Å². The number of hydrogen-bond acceptors (Lipinski definition) is 4. The molecule has 0 saturated carbocycles. The van der Waals surface area contributed by atoms with Gasteiger partial charge in [0, 0.05) is 0 Å². The van der Waals surface area contributed by atoms with Crippen LogP contribution in [0.3, 0.4) is 0 Å². The third kappa shape index (κ3) is 2.06. The lowest BCUT2D eigenvalue weighted by Crippen LogP contribution is -2.39. The summed E-state index contributed by atoms with van der Waals surface area (Å²) >= 11 is 0. The van der Waals surface area contributed by atoms with Crippen molar-refractivity contribution in [1.29, 1.82) is 0 Å². The zero-order chi connectivity index (χ0) is 8.97. The summed E-state index contributed by atoms with van der Waals surface area (Å²) in [4.78, 5) is 11.1. The summed E-state index contributed by atoms with van der Waals surface area (Å²) in [7, 11) is 0. The summed E-state index contributed by atoms with van der Waals surface area (Å²) < 4.78 is 9.69. The van der Waals surface area contributed by atoms with Gasteiger partial charge in [-0.3, -0.25) is 0 Å². The third-order valence-corrected chi connectivity index (χ3v) is 1.53. The van der Waals surface area contributed by atoms with Gasteiger partial charge in [0.1, 0.15) is 6.10 Å². The summed E-state index contributed by atoms with van der Waals surface area (Å²) in [6.07, 6.45) is 1.47. The quantitative estimate of drug-likeness (QED) is 0.465. The molecule has 0 aromatic rings. The SMILES string of the molecule is CCOC(=O)[C@H]1OCC=C[C@H]1O. The van der Waals surface area contributed by atoms with Gasteiger partial charge in [0.25, 0.3) is 0 Å². The Morgan fingerprint density at radius 3 is 3.17 bits per heavy atom. The molecule has 4 nitrogen and oxygen atoms in total. The molecule has 2 atom stereocenters. The Labute approximate surface area is 70.8 Å². The molecule has 0 aromatic carbocycles. The molecule has 0 saturated heterocycles. The Morgan fingerprint density at radius 2 is 2.58 bits per heavy atom. The third-order valence-electron chi connectivity index (χ3n) is 1.53. The minimum atomic E-state index is -0.877. The Kier molecular flexibility index (Phi) is 3.25. The van der Waals surface area contributed by atoms with Crippen molar-refractivity contribution in [2.45, 2.75) is 19.1 Å². The van der Waals surface area contributed by atoms with Gasteiger partial charge in [-0.15, -0.1) is 0 Å². The second kappa shape index (κ2) is 4.23. The van der Waals surface area contributed by atoms with E-state index < -0.39 is 18.2 Å². The van der Waals surface area contributed by atoms with Gasteiger partial charge in [0.2, 0.25) is 0 Å². The maximum Gasteiger partial charge on any atom is 0.338 e. The molecule has 1 rings (SSSR count). The zero-order valence-corrected chi connectivity index (χ0v) is 6.90. The number of carbonyl (C=O) groups excluding carboxylic acids is 1. The molecule has 1 heterocycles. The fourth-order valence-electron chi connectivity index (χ4n) is 0.986. The van der Waals surface area contributed by atoms with Crippen LogP contribution in [0, 0.1) is 0 Å². The molecule has 0 aliphatic carbocycles. The first-order valence-corrected chi connectivity index (χ1v) is 3.88. The van der Waals surface area contributed by atoms with Crippen molar-refractivity contribution in [3.63, 3.8) is 0 Å². The van der Waals surface area contributed by atoms with E-state index in [1.807, 2.05) is 0 Å². The van der Waals surface area contributed by atoms with Crippen molar-refractivity contribution in [3.8, 4) is 0 Å². The highest BCUT2D eigenvalue weighted by molar-refractivity contribution is 5.76. The van der Waals surface area contributed by atoms with E-state index in [0.717, 1.165) is 0 Å². The summed E-state index contributed by atoms with van der Waals surface area (Å²) in [5.41, 5.74) is 0. The molecule has 1 aliphatic heterocycles. The Hall–Kier alpha value is -0.870. The Morgan fingerprint density at radius 1 is 1.83 bits per heavy atom. The molecule has 0 spiro atoms. The summed E-state index contributed by atoms with van der Waals surface area (Å²) in [6.45, 7) is 2.36. The molecule has 0 amide bonds. The molecule has 0 bridgehead atoms. The fourth-order valence-corrected chi connectivity index (χ4v) is 0.986. The Balaban J connectivity index is 2.50. The molecular formula is C8H12O4. The smallest absolute Gasteiger partial charge is 0.338 e. The van der Waals surface area contributed by atoms with Crippen molar-refractivity contribution >= 4 is 5.97 Å². The second-order valence-corrected chi connectivity index (χ2v) is 2.42. The summed E-state index contributed by atoms with van der Waals surface area (Å²) in [5, 5.41) is 9.25. The molecule has 12 heavy (non-hydrogen) atoms. The van der Waals surface area contributed by atoms with Gasteiger partial charge in [0.15, 0.2) is 6.10 Å². The van der Waals surface area contributed by atoms with Gasteiger partial charge in [0.05, 0.1) is 13.2 Å². The first-order chi connectivity index (χ1) is 5.75. The lowest BCUT2D eigenvalue weighted by molar-refractivity contribution is -0.162. The highest BCUT2D eigenvalue weighted by Crippen LogP contribution is 2.08. The summed E-state index contributed by atoms with van der Waals surface area (Å²) in [5.74, 6) is -0.505. The largest absolute Gasteiger partial charge is 0.464 e. The van der Waals surface area contributed by atoms with Crippen LogP contribution in [0.1, 0.15) is 6.92 Å². The van der Waals surface area contributed by atoms with Crippen LogP contribution in [0.15, 0.2) is 12.2 Å². The average molecular weight is 172 g/mol. The number of carbonyl (C=O) groups is 1. The lowest BCUT2D eigenvalue weighted by Gasteiger charge is -2.21. The zero-order valence-electron chi connectivity index (χ0n) is 6.90. The molecule has 1 N–H and O–H groups in total. The molecule has 0 unspecified atom stereocenters. The highest BCUT2D eigenvalue weighted by atomic mass is 16.6. The number of aliphatic hydroxyl groups excluding tert-OH is 1. The van der Waals surface area contributed by atoms with Crippen molar-refractivity contribution in [1.82, 2.24) is 0 Å². The van der Waals surface area contributed by atoms with Crippen LogP contribution in [0.5, 0.6) is 0 Å². The van der Waals surface area contributed by atoms with Crippen molar-refractivity contribution < 1.29 is 19.4 Å². The number of rotatable bonds is 2. The number of aliphatic hydroxyl groups is 1. The lowest BCUT2D eigenvalue weighted by atomic mass is 10.1. The monoisotopic (exact) mass is 172 g/mol. The predicted octanol–water partition coefficient (Wildman–Crippen LogP) is -0.135. The van der Waals surface area contributed by atoms with Crippen LogP contribution in [0.2, 0.25) is 0 Å². The molecule has 68 valence electrons. The van der Waals surface area contributed by atoms with Crippen LogP contribution < -0.4 is 0 Å². The van der Waals surface area contributed by atoms with Gasteiger partial charge in [-0.2, -0.15) is 0 Å². The second-order valence-electron chi connectivity index (χ2n) is 2.42. The van der Waals surface area contributed by atoms with E-state index in [1.165, 1.54) is 6.08 Å². The van der Waals surface area contributed by atoms with Gasteiger partial charge >= 0.3 is 5.97 Å². The van der Waals surface area contributed by atoms with Crippen LogP contribution in [0.25, 0.3) is 0 Å². The van der Waals surface area contributed by atoms with E-state index in [9.17, 15) is 9.90 Å². The molecule has 0 fully saturated rings. The Bertz CT molecular complexity index is 187. The summed E-state index contributed by atoms with van der Waals surface area (Å²) in [6, 6.07) is 0. The van der Waals surface area contributed by atoms with Crippen LogP contribution in [-0.4, -0.2) is 36.5 Å². The number of ether oxygens (including phenoxy) is 2. The predicted molar refractivity (Wildman–Crippen MR) is 41.5 cm³/mol. The van der Waals surface area contributed by atoms with Crippen molar-refractivity contribution in [2.24, 2.45) is 0 Å². The fraction of sp³-hybridized carbons (Fsp3) is 0.625. The minimum Gasteiger partial charge on any atom is -0.464 e. The van der Waals surface area contributed by atoms with E-state index in [-0.39, 0.29) is 0 Å². The first-order valence-electron chi connectivity index (χ1n) is 3.88. The number of hydrogen-bond donors (Lipinski definition) is 1.